The third kappa shape index (κ3) is 6.34. The van der Waals surface area contributed by atoms with Crippen LogP contribution in [-0.4, -0.2) is 60.1 Å². The summed E-state index contributed by atoms with van der Waals surface area (Å²) in [5.41, 5.74) is 2.53. The molecule has 6 nitrogen and oxygen atoms in total. The minimum Gasteiger partial charge on any atom is -0.452 e. The van der Waals surface area contributed by atoms with E-state index in [-0.39, 0.29) is 24.2 Å². The first kappa shape index (κ1) is 22.9. The molecule has 0 saturated carbocycles. The van der Waals surface area contributed by atoms with Crippen molar-refractivity contribution in [3.05, 3.63) is 65.2 Å². The van der Waals surface area contributed by atoms with Crippen LogP contribution >= 0.6 is 11.8 Å². The SMILES string of the molecule is Cc1ccccc1CN(C)C(=O)COC(=O)c1ccccc1SCC(=O)N1CCCC1. The monoisotopic (exact) mass is 440 g/mol. The van der Waals surface area contributed by atoms with Gasteiger partial charge in [0.25, 0.3) is 5.91 Å². The summed E-state index contributed by atoms with van der Waals surface area (Å²) in [6.45, 7) is 3.74. The lowest BCUT2D eigenvalue weighted by Crippen LogP contribution is -2.31. The van der Waals surface area contributed by atoms with Crippen LogP contribution in [0.2, 0.25) is 0 Å². The molecule has 0 aromatic heterocycles. The zero-order chi connectivity index (χ0) is 22.2. The highest BCUT2D eigenvalue weighted by atomic mass is 32.2. The molecule has 1 saturated heterocycles. The van der Waals surface area contributed by atoms with Gasteiger partial charge in [0.15, 0.2) is 6.61 Å². The molecule has 2 aromatic rings. The molecule has 2 amide bonds. The topological polar surface area (TPSA) is 66.9 Å². The number of hydrogen-bond acceptors (Lipinski definition) is 5. The van der Waals surface area contributed by atoms with Gasteiger partial charge in [0.2, 0.25) is 5.91 Å². The van der Waals surface area contributed by atoms with Gasteiger partial charge >= 0.3 is 5.97 Å². The van der Waals surface area contributed by atoms with Crippen molar-refractivity contribution >= 4 is 29.5 Å². The summed E-state index contributed by atoms with van der Waals surface area (Å²) in [4.78, 5) is 41.4. The van der Waals surface area contributed by atoms with Crippen molar-refractivity contribution in [3.63, 3.8) is 0 Å². The van der Waals surface area contributed by atoms with Crippen molar-refractivity contribution in [2.24, 2.45) is 0 Å². The van der Waals surface area contributed by atoms with E-state index in [0.29, 0.717) is 17.0 Å². The van der Waals surface area contributed by atoms with Crippen LogP contribution in [0.25, 0.3) is 0 Å². The van der Waals surface area contributed by atoms with Crippen molar-refractivity contribution in [2.45, 2.75) is 31.2 Å². The average molecular weight is 441 g/mol. The molecular weight excluding hydrogens is 412 g/mol. The van der Waals surface area contributed by atoms with E-state index in [1.807, 2.05) is 42.2 Å². The Morgan fingerprint density at radius 3 is 2.45 bits per heavy atom. The highest BCUT2D eigenvalue weighted by molar-refractivity contribution is 8.00. The number of esters is 1. The molecule has 1 aliphatic heterocycles. The zero-order valence-electron chi connectivity index (χ0n) is 18.0. The summed E-state index contributed by atoms with van der Waals surface area (Å²) in [5, 5.41) is 0. The fraction of sp³-hybridized carbons (Fsp3) is 0.375. The maximum absolute atomic E-state index is 12.6. The number of benzene rings is 2. The van der Waals surface area contributed by atoms with Gasteiger partial charge in [-0.1, -0.05) is 36.4 Å². The number of amides is 2. The molecule has 0 atom stereocenters. The maximum atomic E-state index is 12.6. The molecule has 164 valence electrons. The van der Waals surface area contributed by atoms with E-state index in [0.717, 1.165) is 37.1 Å². The number of aryl methyl sites for hydroxylation is 1. The Morgan fingerprint density at radius 1 is 1.03 bits per heavy atom. The maximum Gasteiger partial charge on any atom is 0.339 e. The Morgan fingerprint density at radius 2 is 1.71 bits per heavy atom. The Bertz CT molecular complexity index is 941. The number of hydrogen-bond donors (Lipinski definition) is 0. The molecule has 0 spiro atoms. The molecule has 1 fully saturated rings. The van der Waals surface area contributed by atoms with Crippen molar-refractivity contribution < 1.29 is 19.1 Å². The smallest absolute Gasteiger partial charge is 0.339 e. The third-order valence-corrected chi connectivity index (χ3v) is 6.40. The predicted octanol–water partition coefficient (Wildman–Crippen LogP) is 3.52. The molecule has 2 aromatic carbocycles. The number of likely N-dealkylation sites (tertiary alicyclic amines) is 1. The number of carbonyl (C=O) groups excluding carboxylic acids is 3. The number of ether oxygens (including phenoxy) is 1. The standard InChI is InChI=1S/C24H28N2O4S/c1-18-9-3-4-10-19(18)15-25(2)22(27)16-30-24(29)20-11-5-6-12-21(20)31-17-23(28)26-13-7-8-14-26/h3-6,9-12H,7-8,13-17H2,1-2H3. The number of likely N-dealkylation sites (N-methyl/N-ethyl adjacent to an activating group) is 1. The molecule has 0 aliphatic carbocycles. The second-order valence-electron chi connectivity index (χ2n) is 7.63. The molecule has 0 N–H and O–H groups in total. The Kier molecular flexibility index (Phi) is 8.12. The van der Waals surface area contributed by atoms with Crippen LogP contribution in [0, 0.1) is 6.92 Å². The number of nitrogens with zero attached hydrogens (tertiary/aromatic N) is 2. The zero-order valence-corrected chi connectivity index (χ0v) is 18.8. The average Bonchev–Trinajstić information content (AvgIpc) is 3.32. The first-order valence-corrected chi connectivity index (χ1v) is 11.4. The molecule has 7 heteroatoms. The van der Waals surface area contributed by atoms with Gasteiger partial charge in [-0.25, -0.2) is 4.79 Å². The lowest BCUT2D eigenvalue weighted by atomic mass is 10.1. The normalized spacial score (nSPS) is 13.2. The van der Waals surface area contributed by atoms with E-state index in [9.17, 15) is 14.4 Å². The molecule has 1 heterocycles. The quantitative estimate of drug-likeness (QED) is 0.464. The van der Waals surface area contributed by atoms with Gasteiger partial charge < -0.3 is 14.5 Å². The van der Waals surface area contributed by atoms with Crippen molar-refractivity contribution in [2.75, 3.05) is 32.5 Å². The molecule has 0 unspecified atom stereocenters. The fourth-order valence-electron chi connectivity index (χ4n) is 3.40. The molecule has 1 aliphatic rings. The van der Waals surface area contributed by atoms with Crippen LogP contribution in [0.5, 0.6) is 0 Å². The first-order chi connectivity index (χ1) is 15.0. The van der Waals surface area contributed by atoms with Gasteiger partial charge in [0, 0.05) is 31.6 Å². The van der Waals surface area contributed by atoms with E-state index >= 15 is 0 Å². The van der Waals surface area contributed by atoms with Crippen LogP contribution in [-0.2, 0) is 20.9 Å². The van der Waals surface area contributed by atoms with Crippen LogP contribution in [0.1, 0.15) is 34.3 Å². The van der Waals surface area contributed by atoms with Gasteiger partial charge in [-0.2, -0.15) is 0 Å². The van der Waals surface area contributed by atoms with E-state index in [1.54, 1.807) is 30.1 Å². The Hall–Kier alpha value is -2.80. The summed E-state index contributed by atoms with van der Waals surface area (Å²) in [7, 11) is 1.69. The second kappa shape index (κ2) is 11.0. The molecular formula is C24H28N2O4S. The van der Waals surface area contributed by atoms with E-state index in [1.165, 1.54) is 11.8 Å². The van der Waals surface area contributed by atoms with Crippen molar-refractivity contribution in [1.82, 2.24) is 9.80 Å². The predicted molar refractivity (Wildman–Crippen MR) is 121 cm³/mol. The lowest BCUT2D eigenvalue weighted by Gasteiger charge is -2.18. The minimum atomic E-state index is -0.561. The van der Waals surface area contributed by atoms with Crippen LogP contribution in [0.3, 0.4) is 0 Å². The molecule has 0 radical (unpaired) electrons. The lowest BCUT2D eigenvalue weighted by molar-refractivity contribution is -0.133. The van der Waals surface area contributed by atoms with Crippen LogP contribution in [0.15, 0.2) is 53.4 Å². The second-order valence-corrected chi connectivity index (χ2v) is 8.64. The van der Waals surface area contributed by atoms with Crippen LogP contribution in [0.4, 0.5) is 0 Å². The summed E-state index contributed by atoms with van der Waals surface area (Å²) in [6, 6.07) is 14.9. The van der Waals surface area contributed by atoms with E-state index in [4.69, 9.17) is 4.74 Å². The van der Waals surface area contributed by atoms with Crippen molar-refractivity contribution in [3.8, 4) is 0 Å². The highest BCUT2D eigenvalue weighted by Gasteiger charge is 2.20. The van der Waals surface area contributed by atoms with Gasteiger partial charge in [-0.05, 0) is 43.0 Å². The van der Waals surface area contributed by atoms with Gasteiger partial charge in [0.1, 0.15) is 0 Å². The van der Waals surface area contributed by atoms with Gasteiger partial charge in [0.05, 0.1) is 11.3 Å². The number of thioether (sulfide) groups is 1. The summed E-state index contributed by atoms with van der Waals surface area (Å²) in [5.74, 6) is -0.471. The highest BCUT2D eigenvalue weighted by Crippen LogP contribution is 2.24. The van der Waals surface area contributed by atoms with Gasteiger partial charge in [-0.15, -0.1) is 11.8 Å². The van der Waals surface area contributed by atoms with Crippen molar-refractivity contribution in [1.29, 1.82) is 0 Å². The Labute approximate surface area is 187 Å². The van der Waals surface area contributed by atoms with Gasteiger partial charge in [-0.3, -0.25) is 9.59 Å². The van der Waals surface area contributed by atoms with E-state index in [2.05, 4.69) is 0 Å². The summed E-state index contributed by atoms with van der Waals surface area (Å²) >= 11 is 1.33. The first-order valence-electron chi connectivity index (χ1n) is 10.4. The minimum absolute atomic E-state index is 0.0821. The third-order valence-electron chi connectivity index (χ3n) is 5.34. The molecule has 3 rings (SSSR count). The summed E-state index contributed by atoms with van der Waals surface area (Å²) in [6.07, 6.45) is 2.09. The summed E-state index contributed by atoms with van der Waals surface area (Å²) < 4.78 is 5.29. The Balaban J connectivity index is 1.53. The van der Waals surface area contributed by atoms with E-state index < -0.39 is 5.97 Å². The fourth-order valence-corrected chi connectivity index (χ4v) is 4.35. The number of carbonyl (C=O) groups is 3. The number of rotatable bonds is 8. The van der Waals surface area contributed by atoms with Crippen LogP contribution < -0.4 is 0 Å². The molecule has 0 bridgehead atoms. The largest absolute Gasteiger partial charge is 0.452 e. The molecule has 31 heavy (non-hydrogen) atoms.